The fraction of sp³-hybridized carbons (Fsp3) is 0.333. The van der Waals surface area contributed by atoms with Crippen LogP contribution in [0.25, 0.3) is 10.9 Å². The number of aryl methyl sites for hydroxylation is 1. The van der Waals surface area contributed by atoms with Crippen molar-refractivity contribution < 1.29 is 9.53 Å². The van der Waals surface area contributed by atoms with E-state index in [1.54, 1.807) is 20.2 Å². The lowest BCUT2D eigenvalue weighted by Crippen LogP contribution is -2.09. The highest BCUT2D eigenvalue weighted by molar-refractivity contribution is 6.04. The largest absolute Gasteiger partial charge is 0.462 e. The first-order valence-electron chi connectivity index (χ1n) is 6.47. The molecule has 1 aromatic carbocycles. The van der Waals surface area contributed by atoms with Crippen molar-refractivity contribution in [3.05, 3.63) is 35.5 Å². The van der Waals surface area contributed by atoms with Gasteiger partial charge in [-0.1, -0.05) is 13.0 Å². The van der Waals surface area contributed by atoms with E-state index in [9.17, 15) is 4.79 Å². The van der Waals surface area contributed by atoms with Crippen molar-refractivity contribution >= 4 is 22.6 Å². The second-order valence-corrected chi connectivity index (χ2v) is 4.22. The van der Waals surface area contributed by atoms with Crippen LogP contribution in [-0.4, -0.2) is 24.6 Å². The van der Waals surface area contributed by atoms with E-state index in [0.717, 1.165) is 23.0 Å². The van der Waals surface area contributed by atoms with E-state index in [2.05, 4.69) is 29.4 Å². The SMILES string of the molecule is CCOC(=O)c1cnc2ccc(CC)cc2c1NC. The van der Waals surface area contributed by atoms with E-state index in [1.165, 1.54) is 5.56 Å². The molecule has 0 unspecified atom stereocenters. The monoisotopic (exact) mass is 258 g/mol. The van der Waals surface area contributed by atoms with Crippen LogP contribution in [0.15, 0.2) is 24.4 Å². The van der Waals surface area contributed by atoms with Gasteiger partial charge in [0.1, 0.15) is 5.56 Å². The summed E-state index contributed by atoms with van der Waals surface area (Å²) < 4.78 is 5.06. The molecular weight excluding hydrogens is 240 g/mol. The molecule has 0 radical (unpaired) electrons. The fourth-order valence-corrected chi connectivity index (χ4v) is 2.09. The fourth-order valence-electron chi connectivity index (χ4n) is 2.09. The number of carbonyl (C=O) groups excluding carboxylic acids is 1. The van der Waals surface area contributed by atoms with Crippen LogP contribution in [-0.2, 0) is 11.2 Å². The van der Waals surface area contributed by atoms with Gasteiger partial charge in [-0.2, -0.15) is 0 Å². The van der Waals surface area contributed by atoms with Gasteiger partial charge in [-0.15, -0.1) is 0 Å². The summed E-state index contributed by atoms with van der Waals surface area (Å²) in [6, 6.07) is 6.10. The number of pyridine rings is 1. The van der Waals surface area contributed by atoms with Gasteiger partial charge < -0.3 is 10.1 Å². The van der Waals surface area contributed by atoms with Gasteiger partial charge in [0, 0.05) is 18.6 Å². The van der Waals surface area contributed by atoms with Gasteiger partial charge in [0.25, 0.3) is 0 Å². The Morgan fingerprint density at radius 1 is 1.37 bits per heavy atom. The minimum Gasteiger partial charge on any atom is -0.462 e. The number of nitrogens with one attached hydrogen (secondary N) is 1. The number of benzene rings is 1. The van der Waals surface area contributed by atoms with Crippen LogP contribution in [0.1, 0.15) is 29.8 Å². The third kappa shape index (κ3) is 2.52. The maximum atomic E-state index is 11.9. The Bertz CT molecular complexity index is 608. The van der Waals surface area contributed by atoms with E-state index in [-0.39, 0.29) is 5.97 Å². The quantitative estimate of drug-likeness (QED) is 0.856. The lowest BCUT2D eigenvalue weighted by molar-refractivity contribution is 0.0527. The molecule has 0 bridgehead atoms. The first kappa shape index (κ1) is 13.3. The third-order valence-corrected chi connectivity index (χ3v) is 3.09. The predicted molar refractivity (Wildman–Crippen MR) is 76.6 cm³/mol. The minimum atomic E-state index is -0.344. The number of hydrogen-bond donors (Lipinski definition) is 1. The molecule has 19 heavy (non-hydrogen) atoms. The number of rotatable bonds is 4. The Labute approximate surface area is 112 Å². The highest BCUT2D eigenvalue weighted by atomic mass is 16.5. The topological polar surface area (TPSA) is 51.2 Å². The number of hydrogen-bond acceptors (Lipinski definition) is 4. The summed E-state index contributed by atoms with van der Waals surface area (Å²) in [6.45, 7) is 4.25. The predicted octanol–water partition coefficient (Wildman–Crippen LogP) is 3.02. The van der Waals surface area contributed by atoms with Crippen molar-refractivity contribution in [1.29, 1.82) is 0 Å². The van der Waals surface area contributed by atoms with Crippen LogP contribution < -0.4 is 5.32 Å². The molecule has 0 spiro atoms. The van der Waals surface area contributed by atoms with Gasteiger partial charge in [-0.05, 0) is 31.0 Å². The second-order valence-electron chi connectivity index (χ2n) is 4.22. The molecule has 0 fully saturated rings. The lowest BCUT2D eigenvalue weighted by atomic mass is 10.1. The van der Waals surface area contributed by atoms with Gasteiger partial charge in [0.2, 0.25) is 0 Å². The zero-order chi connectivity index (χ0) is 13.8. The molecule has 0 amide bonds. The van der Waals surface area contributed by atoms with Crippen LogP contribution in [0, 0.1) is 0 Å². The molecule has 2 aromatic rings. The zero-order valence-corrected chi connectivity index (χ0v) is 11.5. The zero-order valence-electron chi connectivity index (χ0n) is 11.5. The van der Waals surface area contributed by atoms with Crippen LogP contribution in [0.5, 0.6) is 0 Å². The first-order valence-corrected chi connectivity index (χ1v) is 6.47. The van der Waals surface area contributed by atoms with Crippen molar-refractivity contribution in [3.8, 4) is 0 Å². The average molecular weight is 258 g/mol. The number of esters is 1. The van der Waals surface area contributed by atoms with Crippen molar-refractivity contribution in [2.24, 2.45) is 0 Å². The molecule has 4 nitrogen and oxygen atoms in total. The molecule has 0 aliphatic rings. The van der Waals surface area contributed by atoms with Crippen LogP contribution >= 0.6 is 0 Å². The number of anilines is 1. The van der Waals surface area contributed by atoms with Crippen molar-refractivity contribution in [2.45, 2.75) is 20.3 Å². The van der Waals surface area contributed by atoms with Gasteiger partial charge in [-0.25, -0.2) is 4.79 Å². The maximum Gasteiger partial charge on any atom is 0.341 e. The van der Waals surface area contributed by atoms with Crippen LogP contribution in [0.2, 0.25) is 0 Å². The Kier molecular flexibility index (Phi) is 4.00. The summed E-state index contributed by atoms with van der Waals surface area (Å²) in [5.41, 5.74) is 3.34. The summed E-state index contributed by atoms with van der Waals surface area (Å²) in [5.74, 6) is -0.344. The highest BCUT2D eigenvalue weighted by Gasteiger charge is 2.15. The average Bonchev–Trinajstić information content (AvgIpc) is 2.45. The molecule has 1 N–H and O–H groups in total. The molecule has 0 aliphatic carbocycles. The number of fused-ring (bicyclic) bond motifs is 1. The molecule has 4 heteroatoms. The van der Waals surface area contributed by atoms with E-state index < -0.39 is 0 Å². The summed E-state index contributed by atoms with van der Waals surface area (Å²) in [4.78, 5) is 16.2. The van der Waals surface area contributed by atoms with Gasteiger partial charge in [-0.3, -0.25) is 4.98 Å². The summed E-state index contributed by atoms with van der Waals surface area (Å²) in [5, 5.41) is 4.04. The summed E-state index contributed by atoms with van der Waals surface area (Å²) >= 11 is 0. The minimum absolute atomic E-state index is 0.344. The van der Waals surface area contributed by atoms with Gasteiger partial charge in [0.15, 0.2) is 0 Å². The molecule has 1 heterocycles. The molecule has 0 saturated carbocycles. The smallest absolute Gasteiger partial charge is 0.341 e. The van der Waals surface area contributed by atoms with Gasteiger partial charge in [0.05, 0.1) is 17.8 Å². The van der Waals surface area contributed by atoms with Crippen molar-refractivity contribution in [3.63, 3.8) is 0 Å². The van der Waals surface area contributed by atoms with Crippen molar-refractivity contribution in [1.82, 2.24) is 4.98 Å². The lowest BCUT2D eigenvalue weighted by Gasteiger charge is -2.12. The Morgan fingerprint density at radius 2 is 2.16 bits per heavy atom. The number of aromatic nitrogens is 1. The molecule has 0 aliphatic heterocycles. The Hall–Kier alpha value is -2.10. The first-order chi connectivity index (χ1) is 9.21. The normalized spacial score (nSPS) is 10.5. The van der Waals surface area contributed by atoms with Crippen molar-refractivity contribution in [2.75, 3.05) is 19.0 Å². The van der Waals surface area contributed by atoms with E-state index >= 15 is 0 Å². The summed E-state index contributed by atoms with van der Waals surface area (Å²) in [7, 11) is 1.80. The standard InChI is InChI=1S/C15H18N2O2/c1-4-10-6-7-13-11(8-10)14(16-3)12(9-17-13)15(18)19-5-2/h6-9H,4-5H2,1-3H3,(H,16,17). The number of nitrogens with zero attached hydrogens (tertiary/aromatic N) is 1. The number of carbonyl (C=O) groups is 1. The molecular formula is C15H18N2O2. The molecule has 100 valence electrons. The Balaban J connectivity index is 2.63. The third-order valence-electron chi connectivity index (χ3n) is 3.09. The van der Waals surface area contributed by atoms with Gasteiger partial charge >= 0.3 is 5.97 Å². The number of ether oxygens (including phenoxy) is 1. The van der Waals surface area contributed by atoms with E-state index in [0.29, 0.717) is 12.2 Å². The van der Waals surface area contributed by atoms with E-state index in [1.807, 2.05) is 6.07 Å². The Morgan fingerprint density at radius 3 is 2.79 bits per heavy atom. The molecule has 1 aromatic heterocycles. The molecule has 2 rings (SSSR count). The van der Waals surface area contributed by atoms with E-state index in [4.69, 9.17) is 4.74 Å². The van der Waals surface area contributed by atoms with Crippen LogP contribution in [0.3, 0.4) is 0 Å². The second kappa shape index (κ2) is 5.69. The summed E-state index contributed by atoms with van der Waals surface area (Å²) in [6.07, 6.45) is 2.51. The highest BCUT2D eigenvalue weighted by Crippen LogP contribution is 2.27. The van der Waals surface area contributed by atoms with Crippen LogP contribution in [0.4, 0.5) is 5.69 Å². The molecule has 0 atom stereocenters. The molecule has 0 saturated heterocycles. The maximum absolute atomic E-state index is 11.9.